The summed E-state index contributed by atoms with van der Waals surface area (Å²) in [6, 6.07) is 0. The zero-order valence-electron chi connectivity index (χ0n) is 9.92. The van der Waals surface area contributed by atoms with Gasteiger partial charge < -0.3 is 30.3 Å². The molecule has 0 unspecified atom stereocenters. The first-order valence-corrected chi connectivity index (χ1v) is 5.70. The molecule has 1 aliphatic rings. The van der Waals surface area contributed by atoms with Crippen LogP contribution in [0.4, 0.5) is 0 Å². The van der Waals surface area contributed by atoms with E-state index < -0.39 is 24.0 Å². The summed E-state index contributed by atoms with van der Waals surface area (Å²) in [5, 5.41) is 23.5. The summed E-state index contributed by atoms with van der Waals surface area (Å²) in [7, 11) is 0. The monoisotopic (exact) mass is 262 g/mol. The van der Waals surface area contributed by atoms with Gasteiger partial charge in [0.2, 0.25) is 0 Å². The molecular formula is C10H18N2O6. The maximum Gasteiger partial charge on any atom is 0.252 e. The van der Waals surface area contributed by atoms with Gasteiger partial charge in [0.1, 0.15) is 0 Å². The minimum absolute atomic E-state index is 0.185. The number of rotatable bonds is 0. The number of amides is 2. The van der Waals surface area contributed by atoms with E-state index in [9.17, 15) is 19.8 Å². The van der Waals surface area contributed by atoms with Crippen molar-refractivity contribution in [2.45, 2.75) is 12.2 Å². The van der Waals surface area contributed by atoms with E-state index in [1.54, 1.807) is 0 Å². The van der Waals surface area contributed by atoms with Crippen molar-refractivity contribution in [3.8, 4) is 0 Å². The highest BCUT2D eigenvalue weighted by atomic mass is 16.5. The molecule has 1 heterocycles. The summed E-state index contributed by atoms with van der Waals surface area (Å²) >= 11 is 0. The van der Waals surface area contributed by atoms with Crippen LogP contribution in [-0.4, -0.2) is 73.8 Å². The molecule has 4 N–H and O–H groups in total. The minimum Gasteiger partial charge on any atom is -0.380 e. The van der Waals surface area contributed by atoms with Crippen LogP contribution in [0.1, 0.15) is 0 Å². The van der Waals surface area contributed by atoms with Gasteiger partial charge in [-0.05, 0) is 0 Å². The van der Waals surface area contributed by atoms with Gasteiger partial charge in [0.05, 0.1) is 26.4 Å². The summed E-state index contributed by atoms with van der Waals surface area (Å²) in [5.74, 6) is -1.62. The van der Waals surface area contributed by atoms with Gasteiger partial charge in [0.25, 0.3) is 11.8 Å². The molecule has 0 radical (unpaired) electrons. The lowest BCUT2D eigenvalue weighted by molar-refractivity contribution is -0.146. The van der Waals surface area contributed by atoms with E-state index >= 15 is 0 Å². The molecule has 8 nitrogen and oxygen atoms in total. The predicted octanol–water partition coefficient (Wildman–Crippen LogP) is -3.01. The third kappa shape index (κ3) is 4.96. The average Bonchev–Trinajstić information content (AvgIpc) is 2.37. The highest BCUT2D eigenvalue weighted by Crippen LogP contribution is 1.94. The highest BCUT2D eigenvalue weighted by molar-refractivity contribution is 5.90. The summed E-state index contributed by atoms with van der Waals surface area (Å²) in [6.45, 7) is 1.67. The van der Waals surface area contributed by atoms with E-state index in [1.165, 1.54) is 0 Å². The number of hydrogen-bond acceptors (Lipinski definition) is 6. The Balaban J connectivity index is 2.51. The largest absolute Gasteiger partial charge is 0.380 e. The molecule has 1 rings (SSSR count). The molecule has 1 aliphatic heterocycles. The van der Waals surface area contributed by atoms with Gasteiger partial charge in [0.15, 0.2) is 12.2 Å². The second-order valence-corrected chi connectivity index (χ2v) is 3.70. The SMILES string of the molecule is O=C1NCCOCCOCCNC(=O)[C@@H](O)[C@@H]1O. The number of aliphatic hydroxyl groups excluding tert-OH is 2. The Labute approximate surface area is 104 Å². The van der Waals surface area contributed by atoms with Crippen LogP contribution in [0.3, 0.4) is 0 Å². The molecule has 1 fully saturated rings. The summed E-state index contributed by atoms with van der Waals surface area (Å²) < 4.78 is 10.3. The van der Waals surface area contributed by atoms with Crippen molar-refractivity contribution in [2.24, 2.45) is 0 Å². The van der Waals surface area contributed by atoms with Crippen LogP contribution in [0.2, 0.25) is 0 Å². The van der Waals surface area contributed by atoms with Crippen molar-refractivity contribution in [1.29, 1.82) is 0 Å². The van der Waals surface area contributed by atoms with Crippen molar-refractivity contribution < 1.29 is 29.3 Å². The first-order chi connectivity index (χ1) is 8.63. The molecule has 0 spiro atoms. The van der Waals surface area contributed by atoms with E-state index in [1.807, 2.05) is 0 Å². The fourth-order valence-electron chi connectivity index (χ4n) is 1.31. The average molecular weight is 262 g/mol. The van der Waals surface area contributed by atoms with Gasteiger partial charge in [-0.2, -0.15) is 0 Å². The Kier molecular flexibility index (Phi) is 6.58. The molecule has 2 atom stereocenters. The molecule has 0 aliphatic carbocycles. The van der Waals surface area contributed by atoms with Crippen molar-refractivity contribution in [3.63, 3.8) is 0 Å². The second kappa shape index (κ2) is 7.98. The molecule has 0 aromatic carbocycles. The van der Waals surface area contributed by atoms with Crippen molar-refractivity contribution in [3.05, 3.63) is 0 Å². The molecule has 0 aromatic heterocycles. The number of nitrogens with one attached hydrogen (secondary N) is 2. The lowest BCUT2D eigenvalue weighted by Gasteiger charge is -2.18. The molecule has 104 valence electrons. The lowest BCUT2D eigenvalue weighted by atomic mass is 10.2. The van der Waals surface area contributed by atoms with Crippen LogP contribution in [0.5, 0.6) is 0 Å². The van der Waals surface area contributed by atoms with Gasteiger partial charge >= 0.3 is 0 Å². The van der Waals surface area contributed by atoms with Gasteiger partial charge in [-0.3, -0.25) is 9.59 Å². The van der Waals surface area contributed by atoms with Crippen LogP contribution in [0.25, 0.3) is 0 Å². The summed E-state index contributed by atoms with van der Waals surface area (Å²) in [4.78, 5) is 22.7. The van der Waals surface area contributed by atoms with Crippen LogP contribution in [0, 0.1) is 0 Å². The summed E-state index contributed by atoms with van der Waals surface area (Å²) in [6.07, 6.45) is -3.59. The number of ether oxygens (including phenoxy) is 2. The summed E-state index contributed by atoms with van der Waals surface area (Å²) in [5.41, 5.74) is 0. The Morgan fingerprint density at radius 3 is 1.61 bits per heavy atom. The number of aliphatic hydroxyl groups is 2. The second-order valence-electron chi connectivity index (χ2n) is 3.70. The zero-order valence-corrected chi connectivity index (χ0v) is 9.92. The maximum absolute atomic E-state index is 11.4. The lowest BCUT2D eigenvalue weighted by Crippen LogP contribution is -2.50. The Hall–Kier alpha value is -1.22. The van der Waals surface area contributed by atoms with E-state index in [0.29, 0.717) is 13.2 Å². The molecule has 0 saturated carbocycles. The maximum atomic E-state index is 11.4. The molecule has 18 heavy (non-hydrogen) atoms. The first-order valence-electron chi connectivity index (χ1n) is 5.70. The molecule has 2 amide bonds. The van der Waals surface area contributed by atoms with Crippen LogP contribution >= 0.6 is 0 Å². The van der Waals surface area contributed by atoms with E-state index in [2.05, 4.69) is 10.6 Å². The van der Waals surface area contributed by atoms with Gasteiger partial charge in [-0.1, -0.05) is 0 Å². The number of hydrogen-bond donors (Lipinski definition) is 4. The van der Waals surface area contributed by atoms with Crippen LogP contribution in [-0.2, 0) is 19.1 Å². The van der Waals surface area contributed by atoms with Crippen LogP contribution < -0.4 is 10.6 Å². The van der Waals surface area contributed by atoms with Crippen molar-refractivity contribution >= 4 is 11.8 Å². The highest BCUT2D eigenvalue weighted by Gasteiger charge is 2.29. The molecule has 1 saturated heterocycles. The molecule has 0 aromatic rings. The predicted molar refractivity (Wildman–Crippen MR) is 59.7 cm³/mol. The third-order valence-electron chi connectivity index (χ3n) is 2.30. The molecule has 0 bridgehead atoms. The topological polar surface area (TPSA) is 117 Å². The minimum atomic E-state index is -1.80. The van der Waals surface area contributed by atoms with Gasteiger partial charge in [-0.15, -0.1) is 0 Å². The van der Waals surface area contributed by atoms with E-state index in [0.717, 1.165) is 0 Å². The first kappa shape index (κ1) is 14.8. The van der Waals surface area contributed by atoms with Crippen molar-refractivity contribution in [1.82, 2.24) is 10.6 Å². The smallest absolute Gasteiger partial charge is 0.252 e. The third-order valence-corrected chi connectivity index (χ3v) is 2.30. The molecule has 8 heteroatoms. The van der Waals surface area contributed by atoms with E-state index in [-0.39, 0.29) is 26.3 Å². The quantitative estimate of drug-likeness (QED) is 0.369. The standard InChI is InChI=1S/C10H18N2O6/c13-7-8(14)10(16)12-2-4-18-6-5-17-3-1-11-9(7)15/h7-8,13-14H,1-6H2,(H,11,15)(H,12,16)/t7-,8-/m0/s1. The van der Waals surface area contributed by atoms with Crippen molar-refractivity contribution in [2.75, 3.05) is 39.5 Å². The Morgan fingerprint density at radius 1 is 0.833 bits per heavy atom. The fraction of sp³-hybridized carbons (Fsp3) is 0.800. The van der Waals surface area contributed by atoms with Gasteiger partial charge in [-0.25, -0.2) is 0 Å². The number of carbonyl (C=O) groups excluding carboxylic acids is 2. The number of carbonyl (C=O) groups is 2. The van der Waals surface area contributed by atoms with Gasteiger partial charge in [0, 0.05) is 13.1 Å². The Morgan fingerprint density at radius 2 is 1.22 bits per heavy atom. The van der Waals surface area contributed by atoms with E-state index in [4.69, 9.17) is 9.47 Å². The normalized spacial score (nSPS) is 29.0. The molecular weight excluding hydrogens is 244 g/mol. The van der Waals surface area contributed by atoms with Crippen LogP contribution in [0.15, 0.2) is 0 Å². The zero-order chi connectivity index (χ0) is 13.4. The fourth-order valence-corrected chi connectivity index (χ4v) is 1.31. The Bertz CT molecular complexity index is 258.